The van der Waals surface area contributed by atoms with E-state index in [0.717, 1.165) is 29.5 Å². The Kier molecular flexibility index (Phi) is 7.10. The van der Waals surface area contributed by atoms with Crippen LogP contribution in [0.5, 0.6) is 0 Å². The molecule has 146 valence electrons. The third kappa shape index (κ3) is 4.86. The second kappa shape index (κ2) is 9.51. The van der Waals surface area contributed by atoms with Crippen LogP contribution in [0, 0.1) is 29.9 Å². The molecule has 0 saturated heterocycles. The minimum Gasteiger partial charge on any atom is -0.403 e. The molecule has 2 N–H and O–H groups in total. The summed E-state index contributed by atoms with van der Waals surface area (Å²) in [6, 6.07) is 11.8. The molecule has 0 unspecified atom stereocenters. The first-order valence-electron chi connectivity index (χ1n) is 8.79. The van der Waals surface area contributed by atoms with Crippen molar-refractivity contribution in [3.05, 3.63) is 77.4 Å². The molecular weight excluding hydrogens is 360 g/mol. The van der Waals surface area contributed by atoms with Gasteiger partial charge >= 0.3 is 0 Å². The van der Waals surface area contributed by atoms with Gasteiger partial charge in [0.1, 0.15) is 5.82 Å². The van der Waals surface area contributed by atoms with Crippen LogP contribution in [0.15, 0.2) is 48.8 Å². The summed E-state index contributed by atoms with van der Waals surface area (Å²) in [7, 11) is 1.95. The van der Waals surface area contributed by atoms with Crippen LogP contribution in [0.4, 0.5) is 8.78 Å². The van der Waals surface area contributed by atoms with Crippen molar-refractivity contribution >= 4 is 11.0 Å². The molecule has 1 aromatic heterocycles. The van der Waals surface area contributed by atoms with E-state index in [4.69, 9.17) is 11.0 Å². The standard InChI is InChI=1S/C14H17N5.C7H6F2/c1-3-19-13-5-4-11(9-16)8-12(13)17-14(19)10-18(2)7-6-15;1-5-3-2-4-6(8)7(5)9/h4-8H,3,10,15H2,1-2H3;2-4H,1H3/b7-6-;. The van der Waals surface area contributed by atoms with Crippen LogP contribution in [0.3, 0.4) is 0 Å². The van der Waals surface area contributed by atoms with E-state index in [1.54, 1.807) is 6.20 Å². The van der Waals surface area contributed by atoms with E-state index < -0.39 is 11.6 Å². The molecule has 5 nitrogen and oxygen atoms in total. The first-order valence-corrected chi connectivity index (χ1v) is 8.79. The van der Waals surface area contributed by atoms with Gasteiger partial charge in [-0.1, -0.05) is 12.1 Å². The smallest absolute Gasteiger partial charge is 0.161 e. The maximum atomic E-state index is 12.4. The van der Waals surface area contributed by atoms with Gasteiger partial charge in [0.15, 0.2) is 11.6 Å². The maximum absolute atomic E-state index is 12.4. The Morgan fingerprint density at radius 3 is 2.61 bits per heavy atom. The van der Waals surface area contributed by atoms with Crippen LogP contribution in [0.1, 0.15) is 23.9 Å². The van der Waals surface area contributed by atoms with E-state index in [-0.39, 0.29) is 0 Å². The van der Waals surface area contributed by atoms with Crippen LogP contribution in [0.25, 0.3) is 11.0 Å². The molecule has 1 heterocycles. The Morgan fingerprint density at radius 1 is 1.29 bits per heavy atom. The van der Waals surface area contributed by atoms with Crippen molar-refractivity contribution in [2.45, 2.75) is 26.9 Å². The summed E-state index contributed by atoms with van der Waals surface area (Å²) < 4.78 is 26.7. The molecular formula is C21H23F2N5. The summed E-state index contributed by atoms with van der Waals surface area (Å²) in [5.74, 6) is -0.569. The van der Waals surface area contributed by atoms with Crippen molar-refractivity contribution < 1.29 is 8.78 Å². The molecule has 3 aromatic rings. The summed E-state index contributed by atoms with van der Waals surface area (Å²) in [6.45, 7) is 5.13. The molecule has 0 radical (unpaired) electrons. The fourth-order valence-electron chi connectivity index (χ4n) is 2.76. The normalized spacial score (nSPS) is 10.6. The highest BCUT2D eigenvalue weighted by molar-refractivity contribution is 5.77. The number of benzene rings is 2. The average Bonchev–Trinajstić information content (AvgIpc) is 3.02. The van der Waals surface area contributed by atoms with Crippen molar-refractivity contribution in [1.29, 1.82) is 5.26 Å². The lowest BCUT2D eigenvalue weighted by Gasteiger charge is -2.14. The van der Waals surface area contributed by atoms with Gasteiger partial charge < -0.3 is 15.2 Å². The molecule has 0 aliphatic heterocycles. The van der Waals surface area contributed by atoms with Crippen LogP contribution in [-0.4, -0.2) is 21.5 Å². The number of nitrogens with zero attached hydrogens (tertiary/aromatic N) is 4. The van der Waals surface area contributed by atoms with Crippen LogP contribution in [0.2, 0.25) is 0 Å². The Morgan fingerprint density at radius 2 is 2.04 bits per heavy atom. The monoisotopic (exact) mass is 383 g/mol. The number of hydrogen-bond acceptors (Lipinski definition) is 4. The third-order valence-corrected chi connectivity index (χ3v) is 4.15. The minimum absolute atomic E-state index is 0.343. The number of aromatic nitrogens is 2. The number of hydrogen-bond donors (Lipinski definition) is 1. The summed E-state index contributed by atoms with van der Waals surface area (Å²) in [5.41, 5.74) is 8.28. The van der Waals surface area contributed by atoms with Gasteiger partial charge in [-0.3, -0.25) is 0 Å². The number of aryl methyl sites for hydroxylation is 2. The SMILES string of the molecule is CCn1c(CN(C)/C=C\N)nc2cc(C#N)ccc21.Cc1cccc(F)c1F. The first-order chi connectivity index (χ1) is 13.4. The number of halogens is 2. The number of imidazole rings is 1. The van der Waals surface area contributed by atoms with Crippen molar-refractivity contribution in [2.24, 2.45) is 5.73 Å². The van der Waals surface area contributed by atoms with Gasteiger partial charge in [-0.2, -0.15) is 5.26 Å². The molecule has 7 heteroatoms. The molecule has 2 aromatic carbocycles. The van der Waals surface area contributed by atoms with E-state index in [1.807, 2.05) is 30.1 Å². The molecule has 0 fully saturated rings. The van der Waals surface area contributed by atoms with Crippen LogP contribution < -0.4 is 5.73 Å². The summed E-state index contributed by atoms with van der Waals surface area (Å²) in [5, 5.41) is 8.93. The minimum atomic E-state index is -0.782. The average molecular weight is 383 g/mol. The summed E-state index contributed by atoms with van der Waals surface area (Å²) >= 11 is 0. The maximum Gasteiger partial charge on any atom is 0.161 e. The zero-order valence-corrected chi connectivity index (χ0v) is 16.2. The second-order valence-electron chi connectivity index (χ2n) is 6.21. The lowest BCUT2D eigenvalue weighted by atomic mass is 10.2. The molecule has 0 atom stereocenters. The molecule has 0 bridgehead atoms. The quantitative estimate of drug-likeness (QED) is 0.737. The fourth-order valence-corrected chi connectivity index (χ4v) is 2.76. The topological polar surface area (TPSA) is 70.9 Å². The van der Waals surface area contributed by atoms with Gasteiger partial charge in [-0.15, -0.1) is 0 Å². The Labute approximate surface area is 163 Å². The first kappa shape index (κ1) is 20.9. The van der Waals surface area contributed by atoms with E-state index >= 15 is 0 Å². The van der Waals surface area contributed by atoms with Gasteiger partial charge in [0, 0.05) is 26.0 Å². The van der Waals surface area contributed by atoms with Gasteiger partial charge in [-0.05, 0) is 43.7 Å². The molecule has 3 rings (SSSR count). The van der Waals surface area contributed by atoms with Gasteiger partial charge in [-0.25, -0.2) is 13.8 Å². The summed E-state index contributed by atoms with van der Waals surface area (Å²) in [6.07, 6.45) is 3.31. The van der Waals surface area contributed by atoms with Gasteiger partial charge in [0.2, 0.25) is 0 Å². The Hall–Kier alpha value is -3.40. The molecule has 0 aliphatic rings. The van der Waals surface area contributed by atoms with E-state index in [9.17, 15) is 8.78 Å². The highest BCUT2D eigenvalue weighted by Crippen LogP contribution is 2.18. The Balaban J connectivity index is 0.000000261. The molecule has 0 spiro atoms. The third-order valence-electron chi connectivity index (χ3n) is 4.15. The van der Waals surface area contributed by atoms with Crippen LogP contribution >= 0.6 is 0 Å². The van der Waals surface area contributed by atoms with Crippen LogP contribution in [-0.2, 0) is 13.1 Å². The van der Waals surface area contributed by atoms with Crippen molar-refractivity contribution in [3.63, 3.8) is 0 Å². The predicted molar refractivity (Wildman–Crippen MR) is 106 cm³/mol. The van der Waals surface area contributed by atoms with Gasteiger partial charge in [0.05, 0.1) is 29.2 Å². The highest BCUT2D eigenvalue weighted by atomic mass is 19.2. The van der Waals surface area contributed by atoms with E-state index in [0.29, 0.717) is 17.7 Å². The van der Waals surface area contributed by atoms with Gasteiger partial charge in [0.25, 0.3) is 0 Å². The zero-order chi connectivity index (χ0) is 20.7. The van der Waals surface area contributed by atoms with Crippen molar-refractivity contribution in [3.8, 4) is 6.07 Å². The molecule has 28 heavy (non-hydrogen) atoms. The molecule has 0 saturated carbocycles. The predicted octanol–water partition coefficient (Wildman–Crippen LogP) is 4.06. The highest BCUT2D eigenvalue weighted by Gasteiger charge is 2.10. The Bertz CT molecular complexity index is 997. The molecule has 0 amide bonds. The number of fused-ring (bicyclic) bond motifs is 1. The lowest BCUT2D eigenvalue weighted by molar-refractivity contribution is 0.425. The van der Waals surface area contributed by atoms with Crippen molar-refractivity contribution in [2.75, 3.05) is 7.05 Å². The number of nitriles is 1. The van der Waals surface area contributed by atoms with Crippen molar-refractivity contribution in [1.82, 2.24) is 14.5 Å². The number of rotatable bonds is 4. The van der Waals surface area contributed by atoms with E-state index in [2.05, 4.69) is 22.5 Å². The molecule has 0 aliphatic carbocycles. The van der Waals surface area contributed by atoms with E-state index in [1.165, 1.54) is 25.3 Å². The second-order valence-corrected chi connectivity index (χ2v) is 6.21. The largest absolute Gasteiger partial charge is 0.403 e. The zero-order valence-electron chi connectivity index (χ0n) is 16.2. The lowest BCUT2D eigenvalue weighted by Crippen LogP contribution is -2.15. The summed E-state index contributed by atoms with van der Waals surface area (Å²) in [4.78, 5) is 6.58. The number of nitrogens with two attached hydrogens (primary N) is 1. The fraction of sp³-hybridized carbons (Fsp3) is 0.238.